The van der Waals surface area contributed by atoms with Crippen LogP contribution in [0.25, 0.3) is 33.4 Å². The standard InChI is InChI=1S/C27H22F3N5O2/c28-27(29,30)24-8-4-14-33(24)25(36)16-34-21-6-1-2-7-22(21)35(26(34)37)19-11-9-18(10-12-19)20-5-3-13-32-17-31-15-23(20)32/h1-3,5-7,9-13,15,17,24H,4,8,14,16H2. The fourth-order valence-electron chi connectivity index (χ4n) is 5.23. The van der Waals surface area contributed by atoms with Crippen molar-refractivity contribution in [2.24, 2.45) is 0 Å². The number of likely N-dealkylation sites (tertiary alicyclic amines) is 1. The van der Waals surface area contributed by atoms with Gasteiger partial charge < -0.3 is 9.30 Å². The number of rotatable bonds is 4. The van der Waals surface area contributed by atoms with Crippen molar-refractivity contribution in [2.45, 2.75) is 31.6 Å². The molecular formula is C27H22F3N5O2. The molecule has 37 heavy (non-hydrogen) atoms. The van der Waals surface area contributed by atoms with E-state index < -0.39 is 30.4 Å². The molecule has 0 spiro atoms. The highest BCUT2D eigenvalue weighted by Gasteiger charge is 2.47. The smallest absolute Gasteiger partial charge is 0.329 e. The van der Waals surface area contributed by atoms with Crippen LogP contribution in [-0.2, 0) is 11.3 Å². The molecule has 0 aliphatic carbocycles. The fraction of sp³-hybridized carbons (Fsp3) is 0.222. The number of pyridine rings is 1. The van der Waals surface area contributed by atoms with Gasteiger partial charge in [-0.2, -0.15) is 13.2 Å². The molecule has 0 bridgehead atoms. The monoisotopic (exact) mass is 505 g/mol. The normalized spacial score (nSPS) is 16.2. The molecule has 10 heteroatoms. The molecule has 4 heterocycles. The van der Waals surface area contributed by atoms with Gasteiger partial charge in [0, 0.05) is 18.3 Å². The number of hydrogen-bond acceptors (Lipinski definition) is 3. The summed E-state index contributed by atoms with van der Waals surface area (Å²) in [7, 11) is 0. The van der Waals surface area contributed by atoms with Gasteiger partial charge in [0.2, 0.25) is 5.91 Å². The van der Waals surface area contributed by atoms with E-state index in [2.05, 4.69) is 4.98 Å². The minimum absolute atomic E-state index is 0.0296. The average Bonchev–Trinajstić information content (AvgIpc) is 3.62. The number of imidazole rings is 2. The number of hydrogen-bond donors (Lipinski definition) is 0. The van der Waals surface area contributed by atoms with Crippen LogP contribution in [0.3, 0.4) is 0 Å². The molecule has 3 aromatic heterocycles. The summed E-state index contributed by atoms with van der Waals surface area (Å²) in [5.74, 6) is -0.714. The zero-order valence-corrected chi connectivity index (χ0v) is 19.6. The van der Waals surface area contributed by atoms with Gasteiger partial charge in [-0.1, -0.05) is 30.3 Å². The average molecular weight is 506 g/mol. The summed E-state index contributed by atoms with van der Waals surface area (Å²) in [6, 6.07) is 16.5. The van der Waals surface area contributed by atoms with Gasteiger partial charge in [0.15, 0.2) is 0 Å². The Kier molecular flexibility index (Phi) is 5.40. The lowest BCUT2D eigenvalue weighted by Crippen LogP contribution is -2.46. The van der Waals surface area contributed by atoms with Gasteiger partial charge in [-0.25, -0.2) is 9.78 Å². The second-order valence-electron chi connectivity index (χ2n) is 9.13. The molecule has 1 saturated heterocycles. The van der Waals surface area contributed by atoms with Crippen LogP contribution in [0, 0.1) is 0 Å². The zero-order chi connectivity index (χ0) is 25.7. The van der Waals surface area contributed by atoms with Crippen molar-refractivity contribution in [3.8, 4) is 16.8 Å². The topological polar surface area (TPSA) is 64.5 Å². The number of carbonyl (C=O) groups excluding carboxylic acids is 1. The Morgan fingerprint density at radius 3 is 2.49 bits per heavy atom. The maximum absolute atomic E-state index is 13.5. The van der Waals surface area contributed by atoms with Crippen LogP contribution in [-0.4, -0.2) is 48.1 Å². The minimum Gasteiger partial charge on any atom is -0.329 e. The quantitative estimate of drug-likeness (QED) is 0.357. The molecule has 1 unspecified atom stereocenters. The first-order chi connectivity index (χ1) is 17.8. The van der Waals surface area contributed by atoms with Gasteiger partial charge in [-0.15, -0.1) is 0 Å². The Balaban J connectivity index is 1.37. The number of para-hydroxylation sites is 2. The molecule has 0 saturated carbocycles. The first kappa shape index (κ1) is 23.1. The van der Waals surface area contributed by atoms with Crippen LogP contribution in [0.4, 0.5) is 13.2 Å². The van der Waals surface area contributed by atoms with Crippen LogP contribution >= 0.6 is 0 Å². The van der Waals surface area contributed by atoms with Gasteiger partial charge in [0.25, 0.3) is 0 Å². The highest BCUT2D eigenvalue weighted by atomic mass is 19.4. The number of nitrogens with zero attached hydrogens (tertiary/aromatic N) is 5. The van der Waals surface area contributed by atoms with E-state index in [4.69, 9.17) is 0 Å². The number of alkyl halides is 3. The number of halogens is 3. The van der Waals surface area contributed by atoms with E-state index in [1.54, 1.807) is 36.8 Å². The number of aromatic nitrogens is 4. The summed E-state index contributed by atoms with van der Waals surface area (Å²) >= 11 is 0. The molecule has 188 valence electrons. The van der Waals surface area contributed by atoms with Gasteiger partial charge in [0.1, 0.15) is 12.6 Å². The van der Waals surface area contributed by atoms with Crippen LogP contribution in [0.5, 0.6) is 0 Å². The van der Waals surface area contributed by atoms with Crippen LogP contribution < -0.4 is 5.69 Å². The lowest BCUT2D eigenvalue weighted by Gasteiger charge is -2.26. The summed E-state index contributed by atoms with van der Waals surface area (Å²) < 4.78 is 44.9. The molecule has 2 aromatic carbocycles. The molecule has 1 atom stereocenters. The SMILES string of the molecule is O=C(Cn1c(=O)n(-c2ccc(-c3cccn4cncc34)cc2)c2ccccc21)N1CCCC1C(F)(F)F. The van der Waals surface area contributed by atoms with E-state index in [0.717, 1.165) is 21.5 Å². The predicted molar refractivity (Wildman–Crippen MR) is 133 cm³/mol. The molecule has 1 aliphatic rings. The predicted octanol–water partition coefficient (Wildman–Crippen LogP) is 4.66. The lowest BCUT2D eigenvalue weighted by atomic mass is 10.1. The summed E-state index contributed by atoms with van der Waals surface area (Å²) in [5.41, 5.74) is 4.03. The molecule has 6 rings (SSSR count). The third-order valence-electron chi connectivity index (χ3n) is 6.97. The number of amides is 1. The van der Waals surface area contributed by atoms with Crippen LogP contribution in [0.15, 0.2) is 84.2 Å². The Morgan fingerprint density at radius 2 is 1.73 bits per heavy atom. The van der Waals surface area contributed by atoms with Crippen molar-refractivity contribution in [1.82, 2.24) is 23.4 Å². The summed E-state index contributed by atoms with van der Waals surface area (Å²) in [4.78, 5) is 31.5. The first-order valence-electron chi connectivity index (χ1n) is 11.9. The van der Waals surface area contributed by atoms with E-state index in [0.29, 0.717) is 16.7 Å². The molecule has 7 nitrogen and oxygen atoms in total. The molecule has 1 aliphatic heterocycles. The van der Waals surface area contributed by atoms with Gasteiger partial charge in [-0.05, 0) is 48.7 Å². The van der Waals surface area contributed by atoms with E-state index in [-0.39, 0.29) is 19.4 Å². The Bertz CT molecular complexity index is 1680. The van der Waals surface area contributed by atoms with Crippen molar-refractivity contribution < 1.29 is 18.0 Å². The Morgan fingerprint density at radius 1 is 0.973 bits per heavy atom. The summed E-state index contributed by atoms with van der Waals surface area (Å²) in [5, 5.41) is 0. The van der Waals surface area contributed by atoms with Gasteiger partial charge in [-0.3, -0.25) is 13.9 Å². The fourth-order valence-corrected chi connectivity index (χ4v) is 5.23. The second kappa shape index (κ2) is 8.65. The highest BCUT2D eigenvalue weighted by molar-refractivity contribution is 5.83. The van der Waals surface area contributed by atoms with E-state index >= 15 is 0 Å². The number of carbonyl (C=O) groups is 1. The minimum atomic E-state index is -4.49. The maximum Gasteiger partial charge on any atom is 0.408 e. The third-order valence-corrected chi connectivity index (χ3v) is 6.97. The van der Waals surface area contributed by atoms with E-state index in [1.165, 1.54) is 9.13 Å². The second-order valence-corrected chi connectivity index (χ2v) is 9.13. The van der Waals surface area contributed by atoms with Crippen molar-refractivity contribution in [2.75, 3.05) is 6.54 Å². The van der Waals surface area contributed by atoms with Gasteiger partial charge in [0.05, 0.1) is 34.8 Å². The van der Waals surface area contributed by atoms with Gasteiger partial charge >= 0.3 is 11.9 Å². The molecule has 0 radical (unpaired) electrons. The molecule has 0 N–H and O–H groups in total. The third kappa shape index (κ3) is 3.89. The largest absolute Gasteiger partial charge is 0.408 e. The van der Waals surface area contributed by atoms with Crippen molar-refractivity contribution in [3.05, 3.63) is 89.9 Å². The molecule has 1 amide bonds. The molecule has 1 fully saturated rings. The zero-order valence-electron chi connectivity index (χ0n) is 19.6. The molecular weight excluding hydrogens is 483 g/mol. The van der Waals surface area contributed by atoms with Crippen LogP contribution in [0.2, 0.25) is 0 Å². The van der Waals surface area contributed by atoms with E-state index in [1.807, 2.05) is 47.0 Å². The lowest BCUT2D eigenvalue weighted by molar-refractivity contribution is -0.182. The number of benzene rings is 2. The van der Waals surface area contributed by atoms with E-state index in [9.17, 15) is 22.8 Å². The summed E-state index contributed by atoms with van der Waals surface area (Å²) in [6.07, 6.45) is 1.09. The summed E-state index contributed by atoms with van der Waals surface area (Å²) in [6.45, 7) is -0.429. The molecule has 5 aromatic rings. The van der Waals surface area contributed by atoms with Crippen molar-refractivity contribution in [3.63, 3.8) is 0 Å². The first-order valence-corrected chi connectivity index (χ1v) is 11.9. The van der Waals surface area contributed by atoms with Crippen molar-refractivity contribution in [1.29, 1.82) is 0 Å². The van der Waals surface area contributed by atoms with Crippen molar-refractivity contribution >= 4 is 22.5 Å². The Hall–Kier alpha value is -4.34. The number of fused-ring (bicyclic) bond motifs is 2. The highest BCUT2D eigenvalue weighted by Crippen LogP contribution is 2.33. The Labute approximate surface area is 209 Å². The van der Waals surface area contributed by atoms with Crippen LogP contribution in [0.1, 0.15) is 12.8 Å². The maximum atomic E-state index is 13.5.